The summed E-state index contributed by atoms with van der Waals surface area (Å²) in [6.45, 7) is 0.518. The van der Waals surface area contributed by atoms with Gasteiger partial charge in [0.15, 0.2) is 0 Å². The second kappa shape index (κ2) is 9.14. The third-order valence-electron chi connectivity index (χ3n) is 6.24. The van der Waals surface area contributed by atoms with E-state index in [0.29, 0.717) is 18.6 Å². The fourth-order valence-electron chi connectivity index (χ4n) is 4.74. The van der Waals surface area contributed by atoms with Gasteiger partial charge in [-0.3, -0.25) is 4.84 Å². The molecule has 0 unspecified atom stereocenters. The fraction of sp³-hybridized carbons (Fsp3) is 0.522. The quantitative estimate of drug-likeness (QED) is 0.632. The van der Waals surface area contributed by atoms with Crippen molar-refractivity contribution in [3.05, 3.63) is 59.3 Å². The van der Waals surface area contributed by atoms with Gasteiger partial charge < -0.3 is 9.47 Å². The van der Waals surface area contributed by atoms with Crippen LogP contribution in [0.2, 0.25) is 0 Å². The molecule has 0 radical (unpaired) electrons. The normalized spacial score (nSPS) is 26.3. The highest BCUT2D eigenvalue weighted by atomic mass is 19.4. The number of nitrogens with zero attached hydrogens (tertiary/aromatic N) is 1. The summed E-state index contributed by atoms with van der Waals surface area (Å²) >= 11 is 0. The lowest BCUT2D eigenvalue weighted by Crippen LogP contribution is -2.39. The molecule has 2 heterocycles. The van der Waals surface area contributed by atoms with E-state index < -0.39 is 23.4 Å². The zero-order valence-corrected chi connectivity index (χ0v) is 17.5. The van der Waals surface area contributed by atoms with Gasteiger partial charge in [-0.05, 0) is 24.5 Å². The van der Waals surface area contributed by atoms with Gasteiger partial charge in [0.25, 0.3) is 0 Å². The van der Waals surface area contributed by atoms with Crippen LogP contribution in [0, 0.1) is 0 Å². The Labute approximate surface area is 179 Å². The van der Waals surface area contributed by atoms with Gasteiger partial charge >= 0.3 is 6.18 Å². The van der Waals surface area contributed by atoms with Crippen molar-refractivity contribution in [1.29, 1.82) is 0 Å². The minimum atomic E-state index is -4.48. The lowest BCUT2D eigenvalue weighted by molar-refractivity contribution is -0.138. The van der Waals surface area contributed by atoms with Crippen LogP contribution in [0.5, 0.6) is 5.88 Å². The first kappa shape index (κ1) is 22.0. The number of methoxy groups -OCH3 is 1. The first-order chi connectivity index (χ1) is 14.9. The molecule has 2 fully saturated rings. The topological polar surface area (TPSA) is 52.6 Å². The fourth-order valence-corrected chi connectivity index (χ4v) is 4.74. The average molecular weight is 436 g/mol. The van der Waals surface area contributed by atoms with Crippen LogP contribution in [0.25, 0.3) is 0 Å². The number of hydroxylamine groups is 1. The molecule has 8 heteroatoms. The number of ether oxygens (including phenoxy) is 2. The van der Waals surface area contributed by atoms with Gasteiger partial charge in [0.05, 0.1) is 23.8 Å². The van der Waals surface area contributed by atoms with Crippen LogP contribution >= 0.6 is 0 Å². The summed E-state index contributed by atoms with van der Waals surface area (Å²) in [5.74, 6) is 0.354. The van der Waals surface area contributed by atoms with Crippen LogP contribution in [-0.4, -0.2) is 30.9 Å². The average Bonchev–Trinajstić information content (AvgIpc) is 3.18. The van der Waals surface area contributed by atoms with Gasteiger partial charge in [-0.2, -0.15) is 18.7 Å². The predicted molar refractivity (Wildman–Crippen MR) is 109 cm³/mol. The zero-order chi connectivity index (χ0) is 21.9. The van der Waals surface area contributed by atoms with E-state index >= 15 is 0 Å². The predicted octanol–water partition coefficient (Wildman–Crippen LogP) is 5.19. The maximum Gasteiger partial charge on any atom is 0.417 e. The molecule has 5 nitrogen and oxygen atoms in total. The number of halogens is 3. The molecule has 1 spiro atoms. The Hall–Kier alpha value is -2.16. The minimum absolute atomic E-state index is 0.176. The molecule has 2 aliphatic rings. The highest BCUT2D eigenvalue weighted by Gasteiger charge is 2.50. The van der Waals surface area contributed by atoms with Crippen LogP contribution in [0.4, 0.5) is 13.2 Å². The van der Waals surface area contributed by atoms with Gasteiger partial charge in [0, 0.05) is 31.2 Å². The minimum Gasteiger partial charge on any atom is -0.475 e. The van der Waals surface area contributed by atoms with Crippen molar-refractivity contribution in [3.63, 3.8) is 0 Å². The van der Waals surface area contributed by atoms with Crippen molar-refractivity contribution >= 4 is 0 Å². The second-order valence-corrected chi connectivity index (χ2v) is 8.21. The number of benzene rings is 1. The van der Waals surface area contributed by atoms with E-state index in [2.05, 4.69) is 22.6 Å². The van der Waals surface area contributed by atoms with E-state index in [1.54, 1.807) is 0 Å². The first-order valence-corrected chi connectivity index (χ1v) is 10.6. The number of hydrogen-bond donors (Lipinski definition) is 1. The molecule has 1 N–H and O–H groups in total. The van der Waals surface area contributed by atoms with Crippen molar-refractivity contribution < 1.29 is 27.5 Å². The second-order valence-electron chi connectivity index (χ2n) is 8.21. The zero-order valence-electron chi connectivity index (χ0n) is 17.5. The number of hydrogen-bond acceptors (Lipinski definition) is 5. The molecule has 31 heavy (non-hydrogen) atoms. The van der Waals surface area contributed by atoms with Crippen molar-refractivity contribution in [3.8, 4) is 5.88 Å². The van der Waals surface area contributed by atoms with Gasteiger partial charge in [-0.15, -0.1) is 0 Å². The Morgan fingerprint density at radius 3 is 2.74 bits per heavy atom. The van der Waals surface area contributed by atoms with E-state index in [-0.39, 0.29) is 18.4 Å². The van der Waals surface area contributed by atoms with Gasteiger partial charge in [0.1, 0.15) is 6.61 Å². The number of nitrogens with one attached hydrogen (secondary N) is 1. The monoisotopic (exact) mass is 436 g/mol. The SMILES string of the molecule is COCCOc1ncc(C(F)(F)F)cc1[C@@H]1C[C@@]2(CCCC[C@H]2c2ccccc2)ON1. The Morgan fingerprint density at radius 2 is 2.00 bits per heavy atom. The van der Waals surface area contributed by atoms with E-state index in [4.69, 9.17) is 14.3 Å². The molecule has 168 valence electrons. The summed E-state index contributed by atoms with van der Waals surface area (Å²) in [5, 5.41) is 0. The molecule has 1 aliphatic heterocycles. The van der Waals surface area contributed by atoms with E-state index in [1.807, 2.05) is 18.2 Å². The Balaban J connectivity index is 1.63. The van der Waals surface area contributed by atoms with Crippen LogP contribution in [-0.2, 0) is 15.8 Å². The standard InChI is InChI=1S/C23H27F3N2O3/c1-29-11-12-30-21-18(13-17(15-27-21)23(24,25)26)20-14-22(31-28-20)10-6-5-9-19(22)16-7-3-2-4-8-16/h2-4,7-8,13,15,19-20,28H,5-6,9-12,14H2,1H3/t19-,20-,22+/m0/s1. The van der Waals surface area contributed by atoms with E-state index in [0.717, 1.165) is 37.9 Å². The molecule has 0 amide bonds. The molecule has 1 aliphatic carbocycles. The molecular formula is C23H27F3N2O3. The molecule has 1 saturated heterocycles. The van der Waals surface area contributed by atoms with Crippen LogP contribution in [0.3, 0.4) is 0 Å². The maximum absolute atomic E-state index is 13.4. The number of aromatic nitrogens is 1. The summed E-state index contributed by atoms with van der Waals surface area (Å²) in [7, 11) is 1.54. The summed E-state index contributed by atoms with van der Waals surface area (Å²) < 4.78 is 50.7. The molecule has 1 aromatic heterocycles. The summed E-state index contributed by atoms with van der Waals surface area (Å²) in [5.41, 5.74) is 3.31. The molecule has 2 aromatic rings. The van der Waals surface area contributed by atoms with Gasteiger partial charge in [-0.1, -0.05) is 43.2 Å². The van der Waals surface area contributed by atoms with Crippen molar-refractivity contribution in [2.24, 2.45) is 0 Å². The van der Waals surface area contributed by atoms with Crippen molar-refractivity contribution in [2.75, 3.05) is 20.3 Å². The number of pyridine rings is 1. The highest BCUT2D eigenvalue weighted by molar-refractivity contribution is 5.36. The summed E-state index contributed by atoms with van der Waals surface area (Å²) in [6, 6.07) is 10.9. The van der Waals surface area contributed by atoms with Crippen molar-refractivity contribution in [2.45, 2.75) is 55.8 Å². The molecule has 3 atom stereocenters. The van der Waals surface area contributed by atoms with Gasteiger partial charge in [-0.25, -0.2) is 4.98 Å². The maximum atomic E-state index is 13.4. The third kappa shape index (κ3) is 4.71. The van der Waals surface area contributed by atoms with Crippen LogP contribution < -0.4 is 10.2 Å². The van der Waals surface area contributed by atoms with Crippen LogP contribution in [0.1, 0.15) is 60.8 Å². The third-order valence-corrected chi connectivity index (χ3v) is 6.24. The summed E-state index contributed by atoms with van der Waals surface area (Å²) in [4.78, 5) is 10.2. The molecular weight excluding hydrogens is 409 g/mol. The Bertz CT molecular complexity index is 878. The molecule has 1 saturated carbocycles. The first-order valence-electron chi connectivity index (χ1n) is 10.6. The smallest absolute Gasteiger partial charge is 0.417 e. The lowest BCUT2D eigenvalue weighted by atomic mass is 9.69. The van der Waals surface area contributed by atoms with Crippen molar-refractivity contribution in [1.82, 2.24) is 10.5 Å². The molecule has 1 aromatic carbocycles. The molecule has 0 bridgehead atoms. The number of rotatable bonds is 6. The van der Waals surface area contributed by atoms with E-state index in [1.165, 1.54) is 12.7 Å². The lowest BCUT2D eigenvalue weighted by Gasteiger charge is -2.40. The summed E-state index contributed by atoms with van der Waals surface area (Å²) in [6.07, 6.45) is 0.836. The Morgan fingerprint density at radius 1 is 1.19 bits per heavy atom. The molecule has 4 rings (SSSR count). The Kier molecular flexibility index (Phi) is 6.50. The largest absolute Gasteiger partial charge is 0.475 e. The highest BCUT2D eigenvalue weighted by Crippen LogP contribution is 2.51. The number of alkyl halides is 3. The van der Waals surface area contributed by atoms with Crippen LogP contribution in [0.15, 0.2) is 42.6 Å². The van der Waals surface area contributed by atoms with Gasteiger partial charge in [0.2, 0.25) is 5.88 Å². The van der Waals surface area contributed by atoms with E-state index in [9.17, 15) is 13.2 Å².